The normalized spacial score (nSPS) is 12.8. The Kier molecular flexibility index (Phi) is 5.15. The summed E-state index contributed by atoms with van der Waals surface area (Å²) in [5.74, 6) is 1.70. The maximum atomic E-state index is 11.2. The molecule has 5 heteroatoms. The molecular weight excluding hydrogens is 216 g/mol. The van der Waals surface area contributed by atoms with Gasteiger partial charge in [0, 0.05) is 18.7 Å². The molecule has 0 aromatic carbocycles. The maximum Gasteiger partial charge on any atom is 0.252 e. The predicted molar refractivity (Wildman–Crippen MR) is 70.1 cm³/mol. The number of nitrogens with one attached hydrogen (secondary N) is 2. The van der Waals surface area contributed by atoms with E-state index in [-0.39, 0.29) is 11.6 Å². The lowest BCUT2D eigenvalue weighted by atomic mass is 9.95. The van der Waals surface area contributed by atoms with Gasteiger partial charge in [-0.1, -0.05) is 26.7 Å². The standard InChI is InChI=1S/C12H22N4O/c1-4-9(5-2)10(13)7-14-11-6-12(17)16-8(3)15-11/h6,9-10H,4-5,7,13H2,1-3H3,(H2,14,15,16,17). The average Bonchev–Trinajstić information content (AvgIpc) is 2.27. The third-order valence-electron chi connectivity index (χ3n) is 3.03. The molecule has 0 radical (unpaired) electrons. The Morgan fingerprint density at radius 2 is 2.12 bits per heavy atom. The number of aryl methyl sites for hydroxylation is 1. The minimum Gasteiger partial charge on any atom is -0.368 e. The number of aromatic nitrogens is 2. The van der Waals surface area contributed by atoms with Crippen molar-refractivity contribution in [2.24, 2.45) is 11.7 Å². The summed E-state index contributed by atoms with van der Waals surface area (Å²) in [6.45, 7) is 6.68. The Morgan fingerprint density at radius 3 is 2.65 bits per heavy atom. The molecule has 17 heavy (non-hydrogen) atoms. The summed E-state index contributed by atoms with van der Waals surface area (Å²) in [6.07, 6.45) is 2.14. The molecule has 0 aliphatic carbocycles. The molecule has 5 nitrogen and oxygen atoms in total. The Morgan fingerprint density at radius 1 is 1.47 bits per heavy atom. The van der Waals surface area contributed by atoms with Crippen LogP contribution in [-0.4, -0.2) is 22.6 Å². The van der Waals surface area contributed by atoms with Crippen LogP contribution in [0.1, 0.15) is 32.5 Å². The second kappa shape index (κ2) is 6.39. The lowest BCUT2D eigenvalue weighted by Crippen LogP contribution is -2.36. The molecule has 0 spiro atoms. The van der Waals surface area contributed by atoms with Gasteiger partial charge in [-0.3, -0.25) is 4.79 Å². The number of aromatic amines is 1. The monoisotopic (exact) mass is 238 g/mol. The highest BCUT2D eigenvalue weighted by Crippen LogP contribution is 2.11. The van der Waals surface area contributed by atoms with Crippen molar-refractivity contribution in [3.05, 3.63) is 22.2 Å². The molecular formula is C12H22N4O. The highest BCUT2D eigenvalue weighted by Gasteiger charge is 2.13. The van der Waals surface area contributed by atoms with Crippen LogP contribution in [0.15, 0.2) is 10.9 Å². The van der Waals surface area contributed by atoms with Gasteiger partial charge < -0.3 is 16.0 Å². The average molecular weight is 238 g/mol. The minimum atomic E-state index is -0.142. The number of hydrogen-bond acceptors (Lipinski definition) is 4. The van der Waals surface area contributed by atoms with Gasteiger partial charge in [-0.2, -0.15) is 0 Å². The van der Waals surface area contributed by atoms with Crippen molar-refractivity contribution >= 4 is 5.82 Å². The summed E-state index contributed by atoms with van der Waals surface area (Å²) in [7, 11) is 0. The summed E-state index contributed by atoms with van der Waals surface area (Å²) >= 11 is 0. The van der Waals surface area contributed by atoms with E-state index in [0.29, 0.717) is 24.1 Å². The van der Waals surface area contributed by atoms with Crippen LogP contribution in [0.3, 0.4) is 0 Å². The number of nitrogens with zero attached hydrogens (tertiary/aromatic N) is 1. The van der Waals surface area contributed by atoms with Gasteiger partial charge >= 0.3 is 0 Å². The Labute approximate surface area is 102 Å². The van der Waals surface area contributed by atoms with E-state index in [1.165, 1.54) is 6.07 Å². The molecule has 1 aromatic rings. The maximum absolute atomic E-state index is 11.2. The van der Waals surface area contributed by atoms with Crippen molar-refractivity contribution in [1.29, 1.82) is 0 Å². The zero-order chi connectivity index (χ0) is 12.8. The molecule has 0 saturated heterocycles. The molecule has 1 rings (SSSR count). The first-order valence-corrected chi connectivity index (χ1v) is 6.14. The summed E-state index contributed by atoms with van der Waals surface area (Å²) in [5.41, 5.74) is 5.94. The van der Waals surface area contributed by atoms with Gasteiger partial charge in [0.1, 0.15) is 11.6 Å². The topological polar surface area (TPSA) is 83.8 Å². The third-order valence-corrected chi connectivity index (χ3v) is 3.03. The number of nitrogens with two attached hydrogens (primary N) is 1. The van der Waals surface area contributed by atoms with Crippen LogP contribution in [0.4, 0.5) is 5.82 Å². The SMILES string of the molecule is CCC(CC)C(N)CNc1cc(=O)[nH]c(C)n1. The van der Waals surface area contributed by atoms with Crippen molar-refractivity contribution < 1.29 is 0 Å². The van der Waals surface area contributed by atoms with Crippen LogP contribution < -0.4 is 16.6 Å². The molecule has 0 bridgehead atoms. The van der Waals surface area contributed by atoms with E-state index in [4.69, 9.17) is 5.73 Å². The van der Waals surface area contributed by atoms with E-state index < -0.39 is 0 Å². The quantitative estimate of drug-likeness (QED) is 0.696. The smallest absolute Gasteiger partial charge is 0.252 e. The molecule has 1 aromatic heterocycles. The number of anilines is 1. The fraction of sp³-hybridized carbons (Fsp3) is 0.667. The van der Waals surface area contributed by atoms with E-state index in [1.54, 1.807) is 6.92 Å². The Hall–Kier alpha value is -1.36. The molecule has 1 unspecified atom stereocenters. The van der Waals surface area contributed by atoms with Crippen molar-refractivity contribution in [3.8, 4) is 0 Å². The van der Waals surface area contributed by atoms with Crippen LogP contribution in [-0.2, 0) is 0 Å². The number of H-pyrrole nitrogens is 1. The second-order valence-electron chi connectivity index (χ2n) is 4.34. The lowest BCUT2D eigenvalue weighted by molar-refractivity contribution is 0.407. The molecule has 1 atom stereocenters. The first-order valence-electron chi connectivity index (χ1n) is 6.14. The zero-order valence-corrected chi connectivity index (χ0v) is 10.8. The summed E-state index contributed by atoms with van der Waals surface area (Å²) in [4.78, 5) is 18.0. The van der Waals surface area contributed by atoms with Gasteiger partial charge in [0.15, 0.2) is 0 Å². The fourth-order valence-corrected chi connectivity index (χ4v) is 1.95. The van der Waals surface area contributed by atoms with E-state index in [0.717, 1.165) is 12.8 Å². The van der Waals surface area contributed by atoms with Crippen molar-refractivity contribution in [2.45, 2.75) is 39.7 Å². The summed E-state index contributed by atoms with van der Waals surface area (Å²) in [6, 6.07) is 1.54. The third kappa shape index (κ3) is 4.19. The van der Waals surface area contributed by atoms with Crippen LogP contribution in [0.25, 0.3) is 0 Å². The molecule has 4 N–H and O–H groups in total. The molecule has 0 saturated carbocycles. The second-order valence-corrected chi connectivity index (χ2v) is 4.34. The van der Waals surface area contributed by atoms with Crippen molar-refractivity contribution in [1.82, 2.24) is 9.97 Å². The Balaban J connectivity index is 2.58. The van der Waals surface area contributed by atoms with Gasteiger partial charge in [-0.25, -0.2) is 4.98 Å². The molecule has 0 aliphatic rings. The van der Waals surface area contributed by atoms with Gasteiger partial charge in [0.25, 0.3) is 5.56 Å². The van der Waals surface area contributed by atoms with Crippen LogP contribution in [0.5, 0.6) is 0 Å². The van der Waals surface area contributed by atoms with E-state index >= 15 is 0 Å². The number of rotatable bonds is 6. The van der Waals surface area contributed by atoms with Gasteiger partial charge in [0.05, 0.1) is 0 Å². The van der Waals surface area contributed by atoms with Crippen LogP contribution in [0.2, 0.25) is 0 Å². The van der Waals surface area contributed by atoms with E-state index in [1.807, 2.05) is 0 Å². The highest BCUT2D eigenvalue weighted by molar-refractivity contribution is 5.32. The fourth-order valence-electron chi connectivity index (χ4n) is 1.95. The van der Waals surface area contributed by atoms with Gasteiger partial charge in [-0.15, -0.1) is 0 Å². The summed E-state index contributed by atoms with van der Waals surface area (Å²) < 4.78 is 0. The van der Waals surface area contributed by atoms with Crippen LogP contribution in [0, 0.1) is 12.8 Å². The summed E-state index contributed by atoms with van der Waals surface area (Å²) in [5, 5.41) is 3.12. The molecule has 0 amide bonds. The number of hydrogen-bond donors (Lipinski definition) is 3. The largest absolute Gasteiger partial charge is 0.368 e. The highest BCUT2D eigenvalue weighted by atomic mass is 16.1. The predicted octanol–water partition coefficient (Wildman–Crippen LogP) is 1.25. The zero-order valence-electron chi connectivity index (χ0n) is 10.8. The molecule has 0 fully saturated rings. The minimum absolute atomic E-state index is 0.0893. The molecule has 96 valence electrons. The first kappa shape index (κ1) is 13.7. The lowest BCUT2D eigenvalue weighted by Gasteiger charge is -2.21. The van der Waals surface area contributed by atoms with Gasteiger partial charge in [0.2, 0.25) is 0 Å². The Bertz CT molecular complexity index is 398. The van der Waals surface area contributed by atoms with Crippen LogP contribution >= 0.6 is 0 Å². The molecule has 1 heterocycles. The molecule has 0 aliphatic heterocycles. The van der Waals surface area contributed by atoms with Crippen molar-refractivity contribution in [2.75, 3.05) is 11.9 Å². The van der Waals surface area contributed by atoms with Gasteiger partial charge in [-0.05, 0) is 12.8 Å². The van der Waals surface area contributed by atoms with E-state index in [2.05, 4.69) is 29.1 Å². The van der Waals surface area contributed by atoms with E-state index in [9.17, 15) is 4.79 Å². The first-order chi connectivity index (χ1) is 8.06. The van der Waals surface area contributed by atoms with Crippen molar-refractivity contribution in [3.63, 3.8) is 0 Å².